The summed E-state index contributed by atoms with van der Waals surface area (Å²) in [6, 6.07) is 3.60. The van der Waals surface area contributed by atoms with Crippen LogP contribution in [0.25, 0.3) is 11.1 Å². The van der Waals surface area contributed by atoms with Crippen molar-refractivity contribution in [3.8, 4) is 0 Å². The molecule has 0 aromatic carbocycles. The van der Waals surface area contributed by atoms with Gasteiger partial charge in [-0.15, -0.1) is 0 Å². The summed E-state index contributed by atoms with van der Waals surface area (Å²) in [4.78, 5) is 16.0. The zero-order chi connectivity index (χ0) is 26.7. The Kier molecular flexibility index (Phi) is 6.84. The van der Waals surface area contributed by atoms with Crippen molar-refractivity contribution >= 4 is 17.1 Å². The molecule has 1 N–H and O–H groups in total. The van der Waals surface area contributed by atoms with Crippen LogP contribution in [-0.4, -0.2) is 17.1 Å². The molecule has 0 radical (unpaired) electrons. The maximum Gasteiger partial charge on any atom is 0.355 e. The molecule has 4 aliphatic carbocycles. The summed E-state index contributed by atoms with van der Waals surface area (Å²) < 4.78 is 11.4. The van der Waals surface area contributed by atoms with Gasteiger partial charge < -0.3 is 14.1 Å². The lowest BCUT2D eigenvalue weighted by molar-refractivity contribution is -0.0595. The van der Waals surface area contributed by atoms with Gasteiger partial charge in [-0.05, 0) is 91.3 Å². The molecule has 3 saturated carbocycles. The molecule has 0 saturated heterocycles. The SMILES string of the molecule is CC(C)CCCC(C)[C@H]1CC[C@H]2[C@@H]3CC=C4C[C@@H](OC(=O)c5cc6occc6[nH]5)CC[C@]4(C)[C@H]3CC[C@]12C. The summed E-state index contributed by atoms with van der Waals surface area (Å²) in [6.45, 7) is 12.5. The Balaban J connectivity index is 1.12. The summed E-state index contributed by atoms with van der Waals surface area (Å²) in [5.74, 6) is 4.85. The minimum Gasteiger partial charge on any atom is -0.463 e. The Hall–Kier alpha value is -1.97. The van der Waals surface area contributed by atoms with E-state index in [1.54, 1.807) is 17.9 Å². The molecule has 2 aromatic heterocycles. The second-order valence-electron chi connectivity index (χ2n) is 14.4. The maximum absolute atomic E-state index is 12.9. The second kappa shape index (κ2) is 9.89. The van der Waals surface area contributed by atoms with Crippen LogP contribution >= 0.6 is 0 Å². The van der Waals surface area contributed by atoms with Crippen LogP contribution in [0.4, 0.5) is 0 Å². The predicted molar refractivity (Wildman–Crippen MR) is 153 cm³/mol. The van der Waals surface area contributed by atoms with E-state index in [-0.39, 0.29) is 17.5 Å². The molecule has 4 aliphatic rings. The average Bonchev–Trinajstić information content (AvgIpc) is 3.57. The van der Waals surface area contributed by atoms with Crippen LogP contribution in [0, 0.1) is 46.3 Å². The number of aromatic nitrogens is 1. The summed E-state index contributed by atoms with van der Waals surface area (Å²) in [7, 11) is 0. The number of nitrogens with one attached hydrogen (secondary N) is 1. The van der Waals surface area contributed by atoms with Crippen LogP contribution in [0.5, 0.6) is 0 Å². The lowest BCUT2D eigenvalue weighted by Crippen LogP contribution is -2.51. The van der Waals surface area contributed by atoms with Gasteiger partial charge in [0, 0.05) is 18.6 Å². The highest BCUT2D eigenvalue weighted by Gasteiger charge is 2.59. The molecule has 8 atom stereocenters. The van der Waals surface area contributed by atoms with Crippen molar-refractivity contribution in [2.45, 2.75) is 111 Å². The number of carbonyl (C=O) groups excluding carboxylic acids is 1. The zero-order valence-corrected chi connectivity index (χ0v) is 24.4. The van der Waals surface area contributed by atoms with E-state index in [0.717, 1.165) is 60.3 Å². The van der Waals surface area contributed by atoms with Crippen LogP contribution in [-0.2, 0) is 4.74 Å². The molecule has 3 fully saturated rings. The third kappa shape index (κ3) is 4.38. The van der Waals surface area contributed by atoms with Gasteiger partial charge in [0.05, 0.1) is 11.8 Å². The van der Waals surface area contributed by atoms with E-state index in [1.165, 1.54) is 51.4 Å². The van der Waals surface area contributed by atoms with Crippen LogP contribution in [0.2, 0.25) is 0 Å². The lowest BCUT2D eigenvalue weighted by Gasteiger charge is -2.58. The highest BCUT2D eigenvalue weighted by atomic mass is 16.5. The molecular formula is C34H49NO3. The van der Waals surface area contributed by atoms with Gasteiger partial charge in [0.1, 0.15) is 11.8 Å². The van der Waals surface area contributed by atoms with Crippen LogP contribution < -0.4 is 0 Å². The Morgan fingerprint density at radius 3 is 2.74 bits per heavy atom. The number of ether oxygens (including phenoxy) is 1. The first-order chi connectivity index (χ1) is 18.2. The van der Waals surface area contributed by atoms with E-state index < -0.39 is 0 Å². The summed E-state index contributed by atoms with van der Waals surface area (Å²) in [6.07, 6.45) is 18.3. The minimum absolute atomic E-state index is 0.0237. The molecule has 0 aliphatic heterocycles. The zero-order valence-electron chi connectivity index (χ0n) is 24.4. The third-order valence-corrected chi connectivity index (χ3v) is 12.0. The predicted octanol–water partition coefficient (Wildman–Crippen LogP) is 9.33. The number of H-pyrrole nitrogens is 1. The number of fused-ring (bicyclic) bond motifs is 6. The highest BCUT2D eigenvalue weighted by Crippen LogP contribution is 2.67. The molecule has 4 nitrogen and oxygen atoms in total. The van der Waals surface area contributed by atoms with Gasteiger partial charge >= 0.3 is 5.97 Å². The number of carbonyl (C=O) groups is 1. The van der Waals surface area contributed by atoms with Crippen molar-refractivity contribution in [1.82, 2.24) is 4.98 Å². The molecule has 208 valence electrons. The first-order valence-electron chi connectivity index (χ1n) is 15.7. The third-order valence-electron chi connectivity index (χ3n) is 12.0. The van der Waals surface area contributed by atoms with E-state index in [9.17, 15) is 4.79 Å². The Labute approximate surface area is 229 Å². The average molecular weight is 520 g/mol. The van der Waals surface area contributed by atoms with Crippen LogP contribution in [0.1, 0.15) is 116 Å². The number of aromatic amines is 1. The number of rotatable bonds is 7. The van der Waals surface area contributed by atoms with Crippen molar-refractivity contribution in [3.63, 3.8) is 0 Å². The number of esters is 1. The molecule has 0 amide bonds. The van der Waals surface area contributed by atoms with Crippen LogP contribution in [0.3, 0.4) is 0 Å². The monoisotopic (exact) mass is 519 g/mol. The molecule has 0 bridgehead atoms. The topological polar surface area (TPSA) is 55.2 Å². The number of hydrogen-bond acceptors (Lipinski definition) is 3. The molecular weight excluding hydrogens is 470 g/mol. The fourth-order valence-electron chi connectivity index (χ4n) is 9.93. The normalized spacial score (nSPS) is 37.4. The van der Waals surface area contributed by atoms with E-state index in [2.05, 4.69) is 45.7 Å². The highest BCUT2D eigenvalue weighted by molar-refractivity contribution is 5.93. The van der Waals surface area contributed by atoms with Gasteiger partial charge in [-0.25, -0.2) is 4.79 Å². The van der Waals surface area contributed by atoms with E-state index >= 15 is 0 Å². The molecule has 4 heteroatoms. The minimum atomic E-state index is -0.257. The quantitative estimate of drug-likeness (QED) is 0.293. The van der Waals surface area contributed by atoms with E-state index in [1.807, 2.05) is 6.07 Å². The van der Waals surface area contributed by atoms with Gasteiger partial charge in [-0.1, -0.05) is 65.5 Å². The number of allylic oxidation sites excluding steroid dienone is 1. The Morgan fingerprint density at radius 1 is 1.11 bits per heavy atom. The fraction of sp³-hybridized carbons (Fsp3) is 0.735. The smallest absolute Gasteiger partial charge is 0.355 e. The molecule has 0 spiro atoms. The van der Waals surface area contributed by atoms with Gasteiger partial charge in [0.2, 0.25) is 0 Å². The van der Waals surface area contributed by atoms with Gasteiger partial charge in [-0.3, -0.25) is 0 Å². The van der Waals surface area contributed by atoms with Gasteiger partial charge in [0.15, 0.2) is 5.58 Å². The van der Waals surface area contributed by atoms with Gasteiger partial charge in [-0.2, -0.15) is 0 Å². The number of furan rings is 1. The summed E-state index contributed by atoms with van der Waals surface area (Å²) in [5, 5.41) is 0. The summed E-state index contributed by atoms with van der Waals surface area (Å²) >= 11 is 0. The first-order valence-corrected chi connectivity index (χ1v) is 15.7. The van der Waals surface area contributed by atoms with Crippen molar-refractivity contribution in [2.75, 3.05) is 0 Å². The summed E-state index contributed by atoms with van der Waals surface area (Å²) in [5.41, 5.74) is 4.42. The van der Waals surface area contributed by atoms with Crippen molar-refractivity contribution < 1.29 is 13.9 Å². The van der Waals surface area contributed by atoms with Crippen molar-refractivity contribution in [3.05, 3.63) is 35.7 Å². The first kappa shape index (κ1) is 26.3. The van der Waals surface area contributed by atoms with Crippen molar-refractivity contribution in [1.29, 1.82) is 0 Å². The largest absolute Gasteiger partial charge is 0.463 e. The molecule has 6 rings (SSSR count). The Bertz CT molecular complexity index is 1160. The Morgan fingerprint density at radius 2 is 1.95 bits per heavy atom. The van der Waals surface area contributed by atoms with E-state index in [4.69, 9.17) is 9.15 Å². The molecule has 2 aromatic rings. The van der Waals surface area contributed by atoms with Crippen molar-refractivity contribution in [2.24, 2.45) is 46.3 Å². The lowest BCUT2D eigenvalue weighted by atomic mass is 9.47. The van der Waals surface area contributed by atoms with Crippen LogP contribution in [0.15, 0.2) is 34.5 Å². The van der Waals surface area contributed by atoms with E-state index in [0.29, 0.717) is 16.7 Å². The molecule has 2 heterocycles. The molecule has 38 heavy (non-hydrogen) atoms. The molecule has 1 unspecified atom stereocenters. The second-order valence-corrected chi connectivity index (χ2v) is 14.4. The fourth-order valence-corrected chi connectivity index (χ4v) is 9.93. The standard InChI is InChI=1S/C34H49NO3/c1-21(2)7-6-8-22(3)26-11-12-27-25-10-9-23-19-24(13-16-33(23,4)28(25)14-17-34(26,27)5)38-32(36)30-20-31-29(35-30)15-18-37-31/h9,15,18,20-22,24-28,35H,6-8,10-14,16-17,19H2,1-5H3/t22?,24-,25-,26+,27-,28-,33-,34+/m0/s1. The van der Waals surface area contributed by atoms with Gasteiger partial charge in [0.25, 0.3) is 0 Å². The maximum atomic E-state index is 12.9. The number of hydrogen-bond donors (Lipinski definition) is 1.